The van der Waals surface area contributed by atoms with Crippen LogP contribution in [0.2, 0.25) is 0 Å². The molecule has 0 spiro atoms. The quantitative estimate of drug-likeness (QED) is 0.129. The summed E-state index contributed by atoms with van der Waals surface area (Å²) in [5.74, 6) is -0.138. The molecule has 210 valence electrons. The van der Waals surface area contributed by atoms with Crippen molar-refractivity contribution in [2.75, 3.05) is 42.7 Å². The lowest BCUT2D eigenvalue weighted by atomic mass is 10.1. The fourth-order valence-corrected chi connectivity index (χ4v) is 3.34. The van der Waals surface area contributed by atoms with Gasteiger partial charge in [0.05, 0.1) is 42.7 Å². The topological polar surface area (TPSA) is 126 Å². The predicted molar refractivity (Wildman–Crippen MR) is 133 cm³/mol. The van der Waals surface area contributed by atoms with Crippen LogP contribution in [0, 0.1) is 0 Å². The molecule has 0 heterocycles. The van der Waals surface area contributed by atoms with E-state index < -0.39 is 18.2 Å². The highest BCUT2D eigenvalue weighted by atomic mass is 17.3. The van der Waals surface area contributed by atoms with Crippen molar-refractivity contribution in [1.29, 1.82) is 0 Å². The van der Waals surface area contributed by atoms with E-state index in [1.807, 2.05) is 6.92 Å². The molecule has 0 unspecified atom stereocenters. The molecule has 0 saturated heterocycles. The number of rotatable bonds is 16. The van der Waals surface area contributed by atoms with Crippen LogP contribution in [0.4, 0.5) is 0 Å². The third kappa shape index (κ3) is 7.80. The Balaban J connectivity index is 2.15. The Morgan fingerprint density at radius 1 is 0.579 bits per heavy atom. The largest absolute Gasteiger partial charge is 0.496 e. The highest BCUT2D eigenvalue weighted by molar-refractivity contribution is 5.94. The molecule has 0 N–H and O–H groups in total. The van der Waals surface area contributed by atoms with Crippen LogP contribution in [-0.2, 0) is 19.6 Å². The highest BCUT2D eigenvalue weighted by Gasteiger charge is 2.25. The van der Waals surface area contributed by atoms with Gasteiger partial charge in [-0.05, 0) is 6.42 Å². The second-order valence-electron chi connectivity index (χ2n) is 7.67. The molecule has 0 aromatic heterocycles. The minimum atomic E-state index is -1.22. The molecule has 0 aliphatic rings. The minimum absolute atomic E-state index is 0.0181. The fourth-order valence-electron chi connectivity index (χ4n) is 3.34. The zero-order valence-electron chi connectivity index (χ0n) is 22.6. The van der Waals surface area contributed by atoms with Crippen LogP contribution < -0.4 is 28.4 Å². The van der Waals surface area contributed by atoms with Crippen LogP contribution in [0.5, 0.6) is 34.5 Å². The van der Waals surface area contributed by atoms with Gasteiger partial charge in [-0.1, -0.05) is 19.8 Å². The zero-order valence-corrected chi connectivity index (χ0v) is 22.6. The first-order valence-corrected chi connectivity index (χ1v) is 11.7. The van der Waals surface area contributed by atoms with Crippen molar-refractivity contribution < 1.29 is 57.6 Å². The Morgan fingerprint density at radius 2 is 0.947 bits per heavy atom. The van der Waals surface area contributed by atoms with E-state index in [1.165, 1.54) is 66.9 Å². The summed E-state index contributed by atoms with van der Waals surface area (Å²) < 4.78 is 31.4. The summed E-state index contributed by atoms with van der Waals surface area (Å²) in [6, 6.07) is 5.73. The van der Waals surface area contributed by atoms with Crippen molar-refractivity contribution in [3.05, 3.63) is 35.4 Å². The molecule has 0 amide bonds. The fraction of sp³-hybridized carbons (Fsp3) is 0.462. The molecule has 2 aromatic carbocycles. The molecule has 2 rings (SSSR count). The van der Waals surface area contributed by atoms with E-state index in [4.69, 9.17) is 48.0 Å². The maximum absolute atomic E-state index is 12.8. The molecule has 0 aliphatic heterocycles. The second-order valence-corrected chi connectivity index (χ2v) is 7.67. The Morgan fingerprint density at radius 3 is 1.29 bits per heavy atom. The van der Waals surface area contributed by atoms with Crippen LogP contribution in [0.1, 0.15) is 53.3 Å². The van der Waals surface area contributed by atoms with E-state index in [0.717, 1.165) is 12.8 Å². The Bertz CT molecular complexity index is 989. The van der Waals surface area contributed by atoms with Crippen molar-refractivity contribution in [1.82, 2.24) is 0 Å². The average Bonchev–Trinajstić information content (AvgIpc) is 2.96. The van der Waals surface area contributed by atoms with Crippen LogP contribution >= 0.6 is 0 Å². The van der Waals surface area contributed by atoms with E-state index in [9.17, 15) is 9.59 Å². The van der Waals surface area contributed by atoms with Gasteiger partial charge >= 0.3 is 11.9 Å². The molecule has 0 saturated carbocycles. The summed E-state index contributed by atoms with van der Waals surface area (Å²) in [4.78, 5) is 45.9. The number of hydrogen-bond acceptors (Lipinski definition) is 12. The zero-order chi connectivity index (χ0) is 28.1. The Hall–Kier alpha value is -3.90. The number of carbonyl (C=O) groups is 2. The maximum Gasteiger partial charge on any atom is 0.377 e. The van der Waals surface area contributed by atoms with Gasteiger partial charge in [-0.25, -0.2) is 9.59 Å². The van der Waals surface area contributed by atoms with Gasteiger partial charge in [-0.2, -0.15) is 0 Å². The third-order valence-corrected chi connectivity index (χ3v) is 5.36. The minimum Gasteiger partial charge on any atom is -0.496 e. The molecule has 0 fully saturated rings. The van der Waals surface area contributed by atoms with Gasteiger partial charge in [0.25, 0.3) is 0 Å². The van der Waals surface area contributed by atoms with Gasteiger partial charge < -0.3 is 28.4 Å². The number of unbranched alkanes of at least 4 members (excludes halogenated alkanes) is 2. The molecule has 2 aromatic rings. The standard InChI is InChI=1S/C26H34O12/c1-8-9-10-11-24(35-37-25(27)16-12-20(31-4)22(33-6)14-18(16)29-2)36-38-26(28)17-13-21(32-5)23(34-7)15-19(17)30-3/h12-15,24H,8-11H2,1-7H3. The number of ether oxygens (including phenoxy) is 6. The van der Waals surface area contributed by atoms with Gasteiger partial charge in [0.2, 0.25) is 6.29 Å². The SMILES string of the molecule is CCCCCC(OOC(=O)c1cc(OC)c(OC)cc1OC)OOC(=O)c1cc(OC)c(OC)cc1OC. The van der Waals surface area contributed by atoms with Crippen molar-refractivity contribution >= 4 is 11.9 Å². The van der Waals surface area contributed by atoms with E-state index in [-0.39, 0.29) is 40.5 Å². The average molecular weight is 539 g/mol. The second kappa shape index (κ2) is 15.4. The van der Waals surface area contributed by atoms with Crippen LogP contribution in [0.15, 0.2) is 24.3 Å². The lowest BCUT2D eigenvalue weighted by molar-refractivity contribution is -0.421. The van der Waals surface area contributed by atoms with Gasteiger partial charge in [-0.15, -0.1) is 9.78 Å². The number of benzene rings is 2. The molecular weight excluding hydrogens is 504 g/mol. The smallest absolute Gasteiger partial charge is 0.377 e. The predicted octanol–water partition coefficient (Wildman–Crippen LogP) is 4.52. The van der Waals surface area contributed by atoms with Crippen LogP contribution in [0.25, 0.3) is 0 Å². The highest BCUT2D eigenvalue weighted by Crippen LogP contribution is 2.36. The van der Waals surface area contributed by atoms with E-state index in [1.54, 1.807) is 0 Å². The van der Waals surface area contributed by atoms with Crippen molar-refractivity contribution in [3.8, 4) is 34.5 Å². The summed E-state index contributed by atoms with van der Waals surface area (Å²) in [7, 11) is 8.53. The molecular formula is C26H34O12. The molecule has 0 bridgehead atoms. The summed E-state index contributed by atoms with van der Waals surface area (Å²) in [5, 5.41) is 0. The molecule has 0 atom stereocenters. The van der Waals surface area contributed by atoms with Crippen molar-refractivity contribution in [3.63, 3.8) is 0 Å². The monoisotopic (exact) mass is 538 g/mol. The molecule has 38 heavy (non-hydrogen) atoms. The van der Waals surface area contributed by atoms with Crippen molar-refractivity contribution in [2.45, 2.75) is 38.9 Å². The van der Waals surface area contributed by atoms with E-state index >= 15 is 0 Å². The normalized spacial score (nSPS) is 10.5. The lowest BCUT2D eigenvalue weighted by Crippen LogP contribution is -2.22. The first kappa shape index (κ1) is 30.3. The lowest BCUT2D eigenvalue weighted by Gasteiger charge is -2.17. The van der Waals surface area contributed by atoms with Gasteiger partial charge in [0.15, 0.2) is 23.0 Å². The van der Waals surface area contributed by atoms with Crippen LogP contribution in [0.3, 0.4) is 0 Å². The Kier molecular flexibility index (Phi) is 12.3. The summed E-state index contributed by atoms with van der Waals surface area (Å²) in [5.41, 5.74) is 0.0361. The summed E-state index contributed by atoms with van der Waals surface area (Å²) in [6.45, 7) is 2.02. The van der Waals surface area contributed by atoms with Crippen LogP contribution in [-0.4, -0.2) is 60.9 Å². The molecule has 0 radical (unpaired) electrons. The number of hydrogen-bond donors (Lipinski definition) is 0. The van der Waals surface area contributed by atoms with Gasteiger partial charge in [0, 0.05) is 30.7 Å². The van der Waals surface area contributed by atoms with Gasteiger partial charge in [-0.3, -0.25) is 9.78 Å². The first-order chi connectivity index (χ1) is 18.4. The maximum atomic E-state index is 12.8. The van der Waals surface area contributed by atoms with E-state index in [2.05, 4.69) is 0 Å². The molecule has 12 heteroatoms. The number of methoxy groups -OCH3 is 6. The molecule has 0 aliphatic carbocycles. The molecule has 12 nitrogen and oxygen atoms in total. The van der Waals surface area contributed by atoms with Gasteiger partial charge in [0.1, 0.15) is 22.6 Å². The summed E-state index contributed by atoms with van der Waals surface area (Å²) >= 11 is 0. The van der Waals surface area contributed by atoms with Crippen molar-refractivity contribution in [2.24, 2.45) is 0 Å². The van der Waals surface area contributed by atoms with E-state index in [0.29, 0.717) is 17.9 Å². The summed E-state index contributed by atoms with van der Waals surface area (Å²) in [6.07, 6.45) is 1.46. The first-order valence-electron chi connectivity index (χ1n) is 11.7. The Labute approximate surface area is 221 Å². The third-order valence-electron chi connectivity index (χ3n) is 5.36. The number of carbonyl (C=O) groups excluding carboxylic acids is 2.